The van der Waals surface area contributed by atoms with E-state index in [0.29, 0.717) is 18.7 Å². The molecule has 1 saturated heterocycles. The van der Waals surface area contributed by atoms with Gasteiger partial charge in [-0.1, -0.05) is 30.4 Å². The van der Waals surface area contributed by atoms with Gasteiger partial charge in [-0.05, 0) is 18.2 Å². The van der Waals surface area contributed by atoms with Crippen LogP contribution in [-0.4, -0.2) is 42.3 Å². The summed E-state index contributed by atoms with van der Waals surface area (Å²) in [7, 11) is -3.51. The molecule has 2 rings (SSSR count). The van der Waals surface area contributed by atoms with Crippen molar-refractivity contribution in [2.24, 2.45) is 5.73 Å². The maximum Gasteiger partial charge on any atom is 0.243 e. The van der Waals surface area contributed by atoms with Crippen molar-refractivity contribution in [1.82, 2.24) is 4.31 Å². The van der Waals surface area contributed by atoms with Crippen LogP contribution in [0.1, 0.15) is 12.0 Å². The first kappa shape index (κ1) is 14.8. The molecule has 1 heterocycles. The first-order valence-corrected chi connectivity index (χ1v) is 9.00. The van der Waals surface area contributed by atoms with Crippen LogP contribution >= 0.6 is 24.0 Å². The number of nitrogens with two attached hydrogens (primary N) is 1. The van der Waals surface area contributed by atoms with E-state index in [2.05, 4.69) is 0 Å². The van der Waals surface area contributed by atoms with Gasteiger partial charge in [-0.2, -0.15) is 16.1 Å². The van der Waals surface area contributed by atoms with Crippen LogP contribution in [0, 0.1) is 0 Å². The second-order valence-corrected chi connectivity index (χ2v) is 7.80. The smallest absolute Gasteiger partial charge is 0.243 e. The summed E-state index contributed by atoms with van der Waals surface area (Å²) in [4.78, 5) is 0.331. The van der Waals surface area contributed by atoms with Gasteiger partial charge in [0.25, 0.3) is 0 Å². The zero-order chi connectivity index (χ0) is 13.9. The molecule has 4 nitrogen and oxygen atoms in total. The fourth-order valence-corrected chi connectivity index (χ4v) is 4.93. The van der Waals surface area contributed by atoms with Gasteiger partial charge in [0, 0.05) is 24.4 Å². The summed E-state index contributed by atoms with van der Waals surface area (Å²) < 4.78 is 26.9. The molecule has 7 heteroatoms. The van der Waals surface area contributed by atoms with Crippen molar-refractivity contribution in [2.45, 2.75) is 11.3 Å². The lowest BCUT2D eigenvalue weighted by molar-refractivity contribution is 0.435. The van der Waals surface area contributed by atoms with Crippen molar-refractivity contribution in [1.29, 1.82) is 0 Å². The largest absolute Gasteiger partial charge is 0.389 e. The fourth-order valence-electron chi connectivity index (χ4n) is 2.00. The minimum absolute atomic E-state index is 0.114. The fraction of sp³-hybridized carbons (Fsp3) is 0.417. The van der Waals surface area contributed by atoms with E-state index in [1.54, 1.807) is 36.0 Å². The van der Waals surface area contributed by atoms with Gasteiger partial charge in [-0.3, -0.25) is 0 Å². The number of hydrogen-bond acceptors (Lipinski definition) is 4. The van der Waals surface area contributed by atoms with Crippen LogP contribution in [0.25, 0.3) is 0 Å². The van der Waals surface area contributed by atoms with Crippen LogP contribution in [0.2, 0.25) is 0 Å². The van der Waals surface area contributed by atoms with Gasteiger partial charge < -0.3 is 5.73 Å². The highest BCUT2D eigenvalue weighted by Crippen LogP contribution is 2.22. The van der Waals surface area contributed by atoms with E-state index in [1.165, 1.54) is 4.31 Å². The number of benzene rings is 1. The van der Waals surface area contributed by atoms with Gasteiger partial charge in [0.05, 0.1) is 4.90 Å². The van der Waals surface area contributed by atoms with Crippen molar-refractivity contribution in [3.63, 3.8) is 0 Å². The molecule has 0 unspecified atom stereocenters. The minimum atomic E-state index is -3.51. The van der Waals surface area contributed by atoms with E-state index in [1.807, 2.05) is 0 Å². The topological polar surface area (TPSA) is 63.4 Å². The molecule has 0 bridgehead atoms. The Kier molecular flexibility index (Phi) is 4.83. The molecule has 1 aliphatic heterocycles. The summed E-state index contributed by atoms with van der Waals surface area (Å²) in [5.41, 5.74) is 6.04. The molecule has 0 atom stereocenters. The third-order valence-corrected chi connectivity index (χ3v) is 6.18. The lowest BCUT2D eigenvalue weighted by Crippen LogP contribution is -2.34. The molecule has 1 aromatic rings. The maximum absolute atomic E-state index is 12.7. The molecule has 0 radical (unpaired) electrons. The van der Waals surface area contributed by atoms with Crippen molar-refractivity contribution < 1.29 is 8.42 Å². The molecule has 1 fully saturated rings. The Labute approximate surface area is 123 Å². The van der Waals surface area contributed by atoms with E-state index in [9.17, 15) is 8.42 Å². The van der Waals surface area contributed by atoms with Gasteiger partial charge >= 0.3 is 0 Å². The Morgan fingerprint density at radius 1 is 1.26 bits per heavy atom. The Bertz CT molecular complexity index is 564. The molecule has 0 amide bonds. The SMILES string of the molecule is NC(=S)c1ccccc1S(=O)(=O)N1CCCSCC1. The van der Waals surface area contributed by atoms with Gasteiger partial charge in [-0.25, -0.2) is 8.42 Å². The standard InChI is InChI=1S/C12H16N2O2S3/c13-12(17)10-4-1-2-5-11(10)19(15,16)14-6-3-8-18-9-7-14/h1-2,4-5H,3,6-9H2,(H2,13,17). The average molecular weight is 316 g/mol. The number of sulfonamides is 1. The second-order valence-electron chi connectivity index (χ2n) is 4.23. The van der Waals surface area contributed by atoms with E-state index in [-0.39, 0.29) is 9.88 Å². The molecular formula is C12H16N2O2S3. The lowest BCUT2D eigenvalue weighted by Gasteiger charge is -2.21. The summed E-state index contributed by atoms with van der Waals surface area (Å²) in [5, 5.41) is 0. The summed E-state index contributed by atoms with van der Waals surface area (Å²) in [6.45, 7) is 1.10. The van der Waals surface area contributed by atoms with E-state index in [0.717, 1.165) is 17.9 Å². The first-order chi connectivity index (χ1) is 9.03. The van der Waals surface area contributed by atoms with Gasteiger partial charge in [-0.15, -0.1) is 0 Å². The third-order valence-electron chi connectivity index (χ3n) is 2.95. The number of nitrogens with zero attached hydrogens (tertiary/aromatic N) is 1. The predicted octanol–water partition coefficient (Wildman–Crippen LogP) is 1.45. The second kappa shape index (κ2) is 6.21. The summed E-state index contributed by atoms with van der Waals surface area (Å²) in [6, 6.07) is 6.66. The molecule has 1 aromatic carbocycles. The lowest BCUT2D eigenvalue weighted by atomic mass is 10.2. The number of thioether (sulfide) groups is 1. The van der Waals surface area contributed by atoms with Crippen LogP contribution in [-0.2, 0) is 10.0 Å². The average Bonchev–Trinajstić information content (AvgIpc) is 2.68. The molecule has 0 saturated carbocycles. The molecule has 1 aliphatic rings. The first-order valence-electron chi connectivity index (χ1n) is 6.00. The Morgan fingerprint density at radius 2 is 2.00 bits per heavy atom. The minimum Gasteiger partial charge on any atom is -0.389 e. The maximum atomic E-state index is 12.7. The summed E-state index contributed by atoms with van der Waals surface area (Å²) >= 11 is 6.72. The Balaban J connectivity index is 2.41. The Morgan fingerprint density at radius 3 is 2.74 bits per heavy atom. The summed E-state index contributed by atoms with van der Waals surface area (Å²) in [5.74, 6) is 1.83. The zero-order valence-corrected chi connectivity index (χ0v) is 12.9. The highest BCUT2D eigenvalue weighted by Gasteiger charge is 2.27. The van der Waals surface area contributed by atoms with Crippen LogP contribution < -0.4 is 5.73 Å². The Hall–Kier alpha value is -0.630. The van der Waals surface area contributed by atoms with Gasteiger partial charge in [0.1, 0.15) is 4.99 Å². The van der Waals surface area contributed by atoms with Gasteiger partial charge in [0.2, 0.25) is 10.0 Å². The molecule has 104 valence electrons. The van der Waals surface area contributed by atoms with Crippen molar-refractivity contribution >= 4 is 39.0 Å². The molecule has 19 heavy (non-hydrogen) atoms. The molecule has 0 spiro atoms. The number of rotatable bonds is 3. The monoisotopic (exact) mass is 316 g/mol. The van der Waals surface area contributed by atoms with Gasteiger partial charge in [0.15, 0.2) is 0 Å². The van der Waals surface area contributed by atoms with Crippen LogP contribution in [0.4, 0.5) is 0 Å². The van der Waals surface area contributed by atoms with Crippen LogP contribution in [0.15, 0.2) is 29.2 Å². The highest BCUT2D eigenvalue weighted by atomic mass is 32.2. The van der Waals surface area contributed by atoms with Crippen LogP contribution in [0.3, 0.4) is 0 Å². The van der Waals surface area contributed by atoms with Crippen LogP contribution in [0.5, 0.6) is 0 Å². The van der Waals surface area contributed by atoms with Crippen molar-refractivity contribution in [2.75, 3.05) is 24.6 Å². The summed E-state index contributed by atoms with van der Waals surface area (Å²) in [6.07, 6.45) is 0.874. The van der Waals surface area contributed by atoms with E-state index >= 15 is 0 Å². The molecule has 0 aliphatic carbocycles. The zero-order valence-electron chi connectivity index (χ0n) is 10.4. The number of thiocarbonyl (C=S) groups is 1. The molecule has 0 aromatic heterocycles. The number of hydrogen-bond donors (Lipinski definition) is 1. The predicted molar refractivity (Wildman–Crippen MR) is 83.0 cm³/mol. The van der Waals surface area contributed by atoms with E-state index in [4.69, 9.17) is 18.0 Å². The van der Waals surface area contributed by atoms with E-state index < -0.39 is 10.0 Å². The van der Waals surface area contributed by atoms with Crippen molar-refractivity contribution in [3.05, 3.63) is 29.8 Å². The highest BCUT2D eigenvalue weighted by molar-refractivity contribution is 7.99. The van der Waals surface area contributed by atoms with Crippen molar-refractivity contribution in [3.8, 4) is 0 Å². The molecular weight excluding hydrogens is 300 g/mol. The molecule has 2 N–H and O–H groups in total. The quantitative estimate of drug-likeness (QED) is 0.855. The third kappa shape index (κ3) is 3.28. The normalized spacial score (nSPS) is 17.9.